The number of nitrogens with one attached hydrogen (secondary N) is 1. The summed E-state index contributed by atoms with van der Waals surface area (Å²) in [6.07, 6.45) is -2.66. The van der Waals surface area contributed by atoms with Gasteiger partial charge in [-0.3, -0.25) is 14.6 Å². The van der Waals surface area contributed by atoms with Crippen molar-refractivity contribution in [1.29, 1.82) is 0 Å². The number of hydrogen-bond acceptors (Lipinski definition) is 11. The Labute approximate surface area is 395 Å². The van der Waals surface area contributed by atoms with Gasteiger partial charge in [-0.2, -0.15) is 18.2 Å². The number of carbonyl (C=O) groups is 1. The first-order valence-corrected chi connectivity index (χ1v) is 23.9. The number of piperazine rings is 1. The second-order valence-corrected chi connectivity index (χ2v) is 20.3. The number of nitrogen functional groups attached to an aromatic ring is 1. The molecule has 2 aromatic carbocycles. The van der Waals surface area contributed by atoms with Crippen molar-refractivity contribution in [3.05, 3.63) is 99.2 Å². The van der Waals surface area contributed by atoms with Crippen LogP contribution in [0.25, 0.3) is 5.57 Å². The maximum Gasteiger partial charge on any atom is 0.425 e. The maximum absolute atomic E-state index is 16.4. The number of likely N-dealkylation sites (tertiary alicyclic amines) is 1. The normalized spacial score (nSPS) is 18.3. The summed E-state index contributed by atoms with van der Waals surface area (Å²) in [5.74, 6) is -4.99. The fourth-order valence-electron chi connectivity index (χ4n) is 8.57. The maximum atomic E-state index is 16.4. The predicted octanol–water partition coefficient (Wildman–Crippen LogP) is 9.57. The lowest BCUT2D eigenvalue weighted by Crippen LogP contribution is -2.50. The summed E-state index contributed by atoms with van der Waals surface area (Å²) in [7, 11) is -5.35. The third-order valence-electron chi connectivity index (χ3n) is 12.4. The van der Waals surface area contributed by atoms with Crippen LogP contribution in [0, 0.1) is 5.41 Å². The van der Waals surface area contributed by atoms with Crippen LogP contribution in [-0.4, -0.2) is 112 Å². The molecule has 67 heavy (non-hydrogen) atoms. The van der Waals surface area contributed by atoms with Crippen LogP contribution in [-0.2, 0) is 16.2 Å². The molecule has 2 fully saturated rings. The zero-order valence-corrected chi connectivity index (χ0v) is 39.1. The molecule has 0 saturated carbocycles. The molecule has 2 aliphatic heterocycles. The molecule has 0 radical (unpaired) electrons. The van der Waals surface area contributed by atoms with E-state index in [0.717, 1.165) is 37.1 Å². The fourth-order valence-corrected chi connectivity index (χ4v) is 10.1. The smallest absolute Gasteiger partial charge is 0.425 e. The Hall–Kier alpha value is -4.82. The molecule has 0 unspecified atom stereocenters. The molecule has 1 amide bonds. The molecule has 2 aromatic heterocycles. The van der Waals surface area contributed by atoms with E-state index in [1.54, 1.807) is 6.07 Å². The van der Waals surface area contributed by atoms with Crippen molar-refractivity contribution in [2.75, 3.05) is 76.4 Å². The molecule has 0 bridgehead atoms. The summed E-state index contributed by atoms with van der Waals surface area (Å²) in [6, 6.07) is 14.7. The van der Waals surface area contributed by atoms with E-state index in [0.29, 0.717) is 24.7 Å². The van der Waals surface area contributed by atoms with Gasteiger partial charge >= 0.3 is 6.18 Å². The van der Waals surface area contributed by atoms with Crippen LogP contribution in [0.5, 0.6) is 17.4 Å². The van der Waals surface area contributed by atoms with Crippen LogP contribution < -0.4 is 24.8 Å². The van der Waals surface area contributed by atoms with Gasteiger partial charge in [0, 0.05) is 62.5 Å². The number of anilines is 2. The number of aromatic nitrogens is 2. The van der Waals surface area contributed by atoms with E-state index in [2.05, 4.69) is 28.7 Å². The minimum atomic E-state index is -5.49. The third-order valence-corrected chi connectivity index (χ3v) is 14.4. The molecule has 362 valence electrons. The highest BCUT2D eigenvalue weighted by molar-refractivity contribution is 7.90. The minimum absolute atomic E-state index is 0.0316. The molecule has 7 rings (SSSR count). The number of alkyl halides is 6. The van der Waals surface area contributed by atoms with Crippen molar-refractivity contribution in [3.63, 3.8) is 0 Å². The summed E-state index contributed by atoms with van der Waals surface area (Å²) in [6.45, 7) is 2.41. The lowest BCUT2D eigenvalue weighted by Gasteiger charge is -2.40. The summed E-state index contributed by atoms with van der Waals surface area (Å²) >= 11 is 12.4. The molecular formula is C46H51Cl2F6N7O5S. The van der Waals surface area contributed by atoms with E-state index < -0.39 is 87.4 Å². The molecule has 0 spiro atoms. The molecule has 4 heterocycles. The van der Waals surface area contributed by atoms with Crippen LogP contribution in [0.3, 0.4) is 0 Å². The van der Waals surface area contributed by atoms with Crippen LogP contribution in [0.2, 0.25) is 10.0 Å². The molecule has 1 aliphatic carbocycles. The molecule has 21 heteroatoms. The Balaban J connectivity index is 1.31. The van der Waals surface area contributed by atoms with Crippen molar-refractivity contribution in [2.45, 2.75) is 68.7 Å². The highest BCUT2D eigenvalue weighted by Gasteiger charge is 2.47. The number of pyridine rings is 2. The van der Waals surface area contributed by atoms with Gasteiger partial charge in [0.15, 0.2) is 22.0 Å². The summed E-state index contributed by atoms with van der Waals surface area (Å²) in [5.41, 5.74) is 5.05. The number of halogens is 8. The van der Waals surface area contributed by atoms with Gasteiger partial charge in [-0.05, 0) is 72.9 Å². The number of sulfonamides is 1. The zero-order valence-electron chi connectivity index (χ0n) is 36.8. The highest BCUT2D eigenvalue weighted by Crippen LogP contribution is 2.50. The Kier molecular flexibility index (Phi) is 15.3. The Morgan fingerprint density at radius 3 is 2.22 bits per heavy atom. The van der Waals surface area contributed by atoms with E-state index in [1.165, 1.54) is 45.2 Å². The number of ether oxygens (including phenoxy) is 2. The number of amides is 1. The van der Waals surface area contributed by atoms with Crippen LogP contribution >= 0.6 is 23.2 Å². The standard InChI is InChI=1S/C46H51Cl2F6N7O5S/c1-44(2)13-12-31(35(23-44)29-8-10-32(47)11-9-29)27-59-18-20-61(21-19-59)41-39(67(63,64)58-42(62)30-6-4-3-5-7-30)38(66-34-22-36(48)40(55)56-26-34)37(46(52,53)54)43(57-41)65-28-45(51)14-16-60(17-15-45)33(24-49)25-50/h3-11,22,26,33H,12-21,23-25,27-28H2,1-2H3,(H2,55,56)(H,58,62). The number of benzene rings is 2. The lowest BCUT2D eigenvalue weighted by atomic mass is 9.72. The first-order chi connectivity index (χ1) is 31.7. The summed E-state index contributed by atoms with van der Waals surface area (Å²) < 4.78 is 133. The second-order valence-electron chi connectivity index (χ2n) is 17.8. The lowest BCUT2D eigenvalue weighted by molar-refractivity contribution is -0.141. The number of nitrogens with two attached hydrogens (primary N) is 1. The quantitative estimate of drug-likeness (QED) is 0.110. The van der Waals surface area contributed by atoms with Crippen molar-refractivity contribution in [1.82, 2.24) is 24.5 Å². The summed E-state index contributed by atoms with van der Waals surface area (Å²) in [4.78, 5) is 25.5. The van der Waals surface area contributed by atoms with Gasteiger partial charge in [-0.1, -0.05) is 73.0 Å². The van der Waals surface area contributed by atoms with Crippen molar-refractivity contribution < 1.29 is 49.0 Å². The second kappa shape index (κ2) is 20.4. The Morgan fingerprint density at radius 2 is 1.61 bits per heavy atom. The largest absolute Gasteiger partial charge is 0.474 e. The molecule has 3 N–H and O–H groups in total. The monoisotopic (exact) mass is 997 g/mol. The molecule has 12 nitrogen and oxygen atoms in total. The molecule has 4 aromatic rings. The third kappa shape index (κ3) is 11.9. The fraction of sp³-hybridized carbons (Fsp3) is 0.457. The Morgan fingerprint density at radius 1 is 0.955 bits per heavy atom. The molecule has 0 atom stereocenters. The number of allylic oxidation sites excluding steroid dienone is 1. The van der Waals surface area contributed by atoms with Gasteiger partial charge in [-0.25, -0.2) is 31.3 Å². The van der Waals surface area contributed by atoms with E-state index in [1.807, 2.05) is 29.0 Å². The minimum Gasteiger partial charge on any atom is -0.474 e. The van der Waals surface area contributed by atoms with Gasteiger partial charge in [-0.15, -0.1) is 0 Å². The van der Waals surface area contributed by atoms with Gasteiger partial charge in [0.05, 0.1) is 17.3 Å². The number of hydrogen-bond donors (Lipinski definition) is 2. The van der Waals surface area contributed by atoms with Gasteiger partial charge in [0.2, 0.25) is 5.88 Å². The van der Waals surface area contributed by atoms with E-state index in [-0.39, 0.29) is 60.8 Å². The first kappa shape index (κ1) is 50.1. The molecule has 2 saturated heterocycles. The van der Waals surface area contributed by atoms with Crippen LogP contribution in [0.15, 0.2) is 77.3 Å². The van der Waals surface area contributed by atoms with Gasteiger partial charge in [0.25, 0.3) is 15.9 Å². The number of rotatable bonds is 15. The average molecular weight is 999 g/mol. The van der Waals surface area contributed by atoms with Crippen molar-refractivity contribution >= 4 is 56.3 Å². The van der Waals surface area contributed by atoms with Crippen molar-refractivity contribution in [3.8, 4) is 17.4 Å². The first-order valence-electron chi connectivity index (χ1n) is 21.7. The highest BCUT2D eigenvalue weighted by atomic mass is 35.5. The number of nitrogens with zero attached hydrogens (tertiary/aromatic N) is 5. The van der Waals surface area contributed by atoms with Crippen LogP contribution in [0.4, 0.5) is 38.0 Å². The topological polar surface area (TPSA) is 143 Å². The SMILES string of the molecule is CC1(C)CCC(CN2CCN(c3nc(OCC4(F)CCN(C(CF)CF)CC4)c(C(F)(F)F)c(Oc4cnc(N)c(Cl)c4)c3S(=O)(=O)NC(=O)c3ccccc3)CC2)=C(c2ccc(Cl)cc2)C1. The zero-order chi connectivity index (χ0) is 48.3. The summed E-state index contributed by atoms with van der Waals surface area (Å²) in [5, 5.41) is 0.373. The Bertz CT molecular complexity index is 2550. The number of carbonyl (C=O) groups excluding carboxylic acids is 1. The predicted molar refractivity (Wildman–Crippen MR) is 245 cm³/mol. The van der Waals surface area contributed by atoms with Gasteiger partial charge in [0.1, 0.15) is 37.2 Å². The molecule has 3 aliphatic rings. The van der Waals surface area contributed by atoms with E-state index in [4.69, 9.17) is 38.4 Å². The van der Waals surface area contributed by atoms with E-state index >= 15 is 17.6 Å². The van der Waals surface area contributed by atoms with Crippen LogP contribution in [0.1, 0.15) is 67.4 Å². The van der Waals surface area contributed by atoms with Gasteiger partial charge < -0.3 is 20.1 Å². The van der Waals surface area contributed by atoms with Crippen molar-refractivity contribution in [2.24, 2.45) is 5.41 Å². The number of piperidine rings is 1. The average Bonchev–Trinajstić information content (AvgIpc) is 3.28. The van der Waals surface area contributed by atoms with E-state index in [9.17, 15) is 22.0 Å². The molecular weight excluding hydrogens is 948 g/mol.